The summed E-state index contributed by atoms with van der Waals surface area (Å²) in [6.07, 6.45) is -0.890. The van der Waals surface area contributed by atoms with E-state index >= 15 is 0 Å². The van der Waals surface area contributed by atoms with E-state index in [1.54, 1.807) is 18.2 Å². The average molecular weight is 548 g/mol. The van der Waals surface area contributed by atoms with Gasteiger partial charge >= 0.3 is 0 Å². The summed E-state index contributed by atoms with van der Waals surface area (Å²) in [5.41, 5.74) is 1.21. The van der Waals surface area contributed by atoms with Crippen molar-refractivity contribution in [1.29, 1.82) is 0 Å². The Morgan fingerprint density at radius 3 is 2.35 bits per heavy atom. The van der Waals surface area contributed by atoms with Crippen molar-refractivity contribution >= 4 is 84.9 Å². The molecule has 3 nitrogen and oxygen atoms in total. The molecule has 23 heavy (non-hydrogen) atoms. The molecule has 0 heterocycles. The maximum atomic E-state index is 12.4. The number of hydrogen-bond acceptors (Lipinski definition) is 2. The minimum absolute atomic E-state index is 0.329. The Morgan fingerprint density at radius 1 is 1.13 bits per heavy atom. The summed E-state index contributed by atoms with van der Waals surface area (Å²) in [4.78, 5) is 12.4. The number of anilines is 1. The van der Waals surface area contributed by atoms with Crippen molar-refractivity contribution in [3.8, 4) is 0 Å². The van der Waals surface area contributed by atoms with E-state index in [-0.39, 0.29) is 5.91 Å². The van der Waals surface area contributed by atoms with E-state index in [0.717, 1.165) is 8.04 Å². The Balaban J connectivity index is 2.16. The molecular formula is C15H11BrCl3IN2O. The molecule has 1 atom stereocenters. The lowest BCUT2D eigenvalue weighted by molar-refractivity contribution is 0.0942. The van der Waals surface area contributed by atoms with E-state index in [4.69, 9.17) is 34.8 Å². The molecule has 0 spiro atoms. The largest absolute Gasteiger partial charge is 0.362 e. The second-order valence-corrected chi connectivity index (χ2v) is 9.14. The molecule has 0 fully saturated rings. The third-order valence-electron chi connectivity index (χ3n) is 2.84. The van der Waals surface area contributed by atoms with Crippen molar-refractivity contribution in [2.45, 2.75) is 9.96 Å². The van der Waals surface area contributed by atoms with E-state index < -0.39 is 9.96 Å². The molecule has 0 aliphatic heterocycles. The number of hydrogen-bond donors (Lipinski definition) is 2. The fraction of sp³-hybridized carbons (Fsp3) is 0.133. The maximum Gasteiger partial charge on any atom is 0.253 e. The molecule has 1 amide bonds. The van der Waals surface area contributed by atoms with Gasteiger partial charge in [0.2, 0.25) is 3.79 Å². The molecule has 2 aromatic rings. The number of carbonyl (C=O) groups excluding carboxylic acids is 1. The van der Waals surface area contributed by atoms with Gasteiger partial charge in [0.25, 0.3) is 5.91 Å². The van der Waals surface area contributed by atoms with Gasteiger partial charge in [0, 0.05) is 19.3 Å². The number of benzene rings is 2. The molecule has 0 unspecified atom stereocenters. The summed E-state index contributed by atoms with van der Waals surface area (Å²) < 4.78 is 0.155. The van der Waals surface area contributed by atoms with E-state index in [1.807, 2.05) is 30.3 Å². The molecule has 2 N–H and O–H groups in total. The van der Waals surface area contributed by atoms with Crippen LogP contribution in [0.1, 0.15) is 10.4 Å². The molecule has 0 saturated heterocycles. The van der Waals surface area contributed by atoms with Gasteiger partial charge in [-0.3, -0.25) is 4.79 Å². The number of rotatable bonds is 4. The van der Waals surface area contributed by atoms with Crippen LogP contribution in [-0.4, -0.2) is 15.9 Å². The van der Waals surface area contributed by atoms with Gasteiger partial charge < -0.3 is 10.6 Å². The molecule has 0 aliphatic rings. The molecule has 122 valence electrons. The van der Waals surface area contributed by atoms with Crippen molar-refractivity contribution in [3.63, 3.8) is 0 Å². The van der Waals surface area contributed by atoms with Crippen molar-refractivity contribution in [1.82, 2.24) is 5.32 Å². The van der Waals surface area contributed by atoms with E-state index in [2.05, 4.69) is 49.2 Å². The average Bonchev–Trinajstić information content (AvgIpc) is 2.47. The summed E-state index contributed by atoms with van der Waals surface area (Å²) >= 11 is 23.4. The monoisotopic (exact) mass is 546 g/mol. The van der Waals surface area contributed by atoms with Gasteiger partial charge in [0.05, 0.1) is 0 Å². The van der Waals surface area contributed by atoms with Gasteiger partial charge in [-0.25, -0.2) is 0 Å². The number of amides is 1. The highest BCUT2D eigenvalue weighted by atomic mass is 127. The van der Waals surface area contributed by atoms with Gasteiger partial charge in [-0.15, -0.1) is 0 Å². The lowest BCUT2D eigenvalue weighted by Crippen LogP contribution is -2.49. The molecule has 2 aromatic carbocycles. The molecular weight excluding hydrogens is 537 g/mol. The molecule has 0 bridgehead atoms. The first-order chi connectivity index (χ1) is 10.8. The predicted octanol–water partition coefficient (Wildman–Crippen LogP) is 5.59. The number of alkyl halides is 3. The summed E-state index contributed by atoms with van der Waals surface area (Å²) in [6.45, 7) is 0. The highest BCUT2D eigenvalue weighted by Gasteiger charge is 2.34. The Labute approximate surface area is 171 Å². The zero-order chi connectivity index (χ0) is 17.0. The van der Waals surface area contributed by atoms with Crippen LogP contribution in [0.3, 0.4) is 0 Å². The third kappa shape index (κ3) is 5.98. The van der Waals surface area contributed by atoms with Crippen molar-refractivity contribution in [2.75, 3.05) is 5.32 Å². The van der Waals surface area contributed by atoms with Crippen LogP contribution in [0.4, 0.5) is 5.69 Å². The summed E-state index contributed by atoms with van der Waals surface area (Å²) in [5.74, 6) is -0.329. The topological polar surface area (TPSA) is 41.1 Å². The quantitative estimate of drug-likeness (QED) is 0.297. The second-order valence-electron chi connectivity index (χ2n) is 4.61. The van der Waals surface area contributed by atoms with Crippen LogP contribution in [0.2, 0.25) is 0 Å². The van der Waals surface area contributed by atoms with Crippen LogP contribution in [0.25, 0.3) is 0 Å². The van der Waals surface area contributed by atoms with Crippen LogP contribution in [0.15, 0.2) is 53.0 Å². The molecule has 0 saturated carbocycles. The van der Waals surface area contributed by atoms with Crippen LogP contribution < -0.4 is 10.6 Å². The van der Waals surface area contributed by atoms with E-state index in [9.17, 15) is 4.79 Å². The number of halogens is 5. The van der Waals surface area contributed by atoms with Gasteiger partial charge in [0.1, 0.15) is 6.17 Å². The van der Waals surface area contributed by atoms with Crippen LogP contribution in [0, 0.1) is 3.57 Å². The fourth-order valence-corrected chi connectivity index (χ4v) is 2.89. The zero-order valence-corrected chi connectivity index (χ0v) is 17.5. The normalized spacial score (nSPS) is 12.6. The van der Waals surface area contributed by atoms with Crippen molar-refractivity contribution in [3.05, 3.63) is 62.1 Å². The highest BCUT2D eigenvalue weighted by molar-refractivity contribution is 14.1. The van der Waals surface area contributed by atoms with Crippen LogP contribution in [-0.2, 0) is 0 Å². The van der Waals surface area contributed by atoms with Gasteiger partial charge in [-0.1, -0.05) is 56.8 Å². The molecule has 0 aliphatic carbocycles. The zero-order valence-electron chi connectivity index (χ0n) is 11.5. The second kappa shape index (κ2) is 8.25. The fourth-order valence-electron chi connectivity index (χ4n) is 1.76. The first kappa shape index (κ1) is 19.1. The Kier molecular flexibility index (Phi) is 6.86. The SMILES string of the molecule is O=C(N[C@@H](Nc1ccc(Br)cc1)C(Cl)(Cl)Cl)c1cccc(I)c1. The lowest BCUT2D eigenvalue weighted by atomic mass is 10.2. The Morgan fingerprint density at radius 2 is 1.78 bits per heavy atom. The Bertz CT molecular complexity index is 692. The number of nitrogens with one attached hydrogen (secondary N) is 2. The molecule has 0 radical (unpaired) electrons. The van der Waals surface area contributed by atoms with Gasteiger partial charge in [-0.05, 0) is 65.1 Å². The summed E-state index contributed by atoms with van der Waals surface area (Å²) in [7, 11) is 0. The minimum atomic E-state index is -1.72. The van der Waals surface area contributed by atoms with Gasteiger partial charge in [-0.2, -0.15) is 0 Å². The summed E-state index contributed by atoms with van der Waals surface area (Å²) in [6, 6.07) is 14.5. The lowest BCUT2D eigenvalue weighted by Gasteiger charge is -2.27. The van der Waals surface area contributed by atoms with Crippen LogP contribution >= 0.6 is 73.3 Å². The third-order valence-corrected chi connectivity index (χ3v) is 4.70. The minimum Gasteiger partial charge on any atom is -0.362 e. The first-order valence-corrected chi connectivity index (χ1v) is 9.41. The van der Waals surface area contributed by atoms with E-state index in [1.165, 1.54) is 0 Å². The Hall–Kier alpha value is -0.210. The van der Waals surface area contributed by atoms with E-state index in [0.29, 0.717) is 11.3 Å². The molecule has 8 heteroatoms. The summed E-state index contributed by atoms with van der Waals surface area (Å²) in [5, 5.41) is 5.71. The first-order valence-electron chi connectivity index (χ1n) is 6.41. The predicted molar refractivity (Wildman–Crippen MR) is 108 cm³/mol. The van der Waals surface area contributed by atoms with Crippen molar-refractivity contribution < 1.29 is 4.79 Å². The molecule has 0 aromatic heterocycles. The smallest absolute Gasteiger partial charge is 0.253 e. The van der Waals surface area contributed by atoms with Crippen molar-refractivity contribution in [2.24, 2.45) is 0 Å². The molecule has 2 rings (SSSR count). The maximum absolute atomic E-state index is 12.4. The van der Waals surface area contributed by atoms with Crippen LogP contribution in [0.5, 0.6) is 0 Å². The van der Waals surface area contributed by atoms with Gasteiger partial charge in [0.15, 0.2) is 0 Å². The standard InChI is InChI=1S/C15H11BrCl3IN2O/c16-10-4-6-12(7-5-10)21-14(15(17,18)19)22-13(23)9-2-1-3-11(20)8-9/h1-8,14,21H,(H,22,23)/t14-/m1/s1. The number of carbonyl (C=O) groups is 1. The highest BCUT2D eigenvalue weighted by Crippen LogP contribution is 2.31.